The van der Waals surface area contributed by atoms with Crippen molar-refractivity contribution in [2.24, 2.45) is 34.5 Å². The molecule has 0 amide bonds. The molecule has 21 heavy (non-hydrogen) atoms. The molecule has 0 aromatic rings. The van der Waals surface area contributed by atoms with Gasteiger partial charge in [-0.1, -0.05) is 54.4 Å². The van der Waals surface area contributed by atoms with Gasteiger partial charge in [0.2, 0.25) is 0 Å². The molecule has 0 aromatic heterocycles. The van der Waals surface area contributed by atoms with E-state index in [1.807, 2.05) is 0 Å². The summed E-state index contributed by atoms with van der Waals surface area (Å²) < 4.78 is 7.23. The number of hydrogen-bond donors (Lipinski definition) is 0. The highest BCUT2D eigenvalue weighted by Gasteiger charge is 2.81. The van der Waals surface area contributed by atoms with E-state index in [0.29, 0.717) is 10.8 Å². The quantitative estimate of drug-likeness (QED) is 0.658. The van der Waals surface area contributed by atoms with Crippen LogP contribution in [-0.4, -0.2) is 11.2 Å². The number of fused-ring (bicyclic) bond motifs is 2. The smallest absolute Gasteiger partial charge is 0.0781 e. The van der Waals surface area contributed by atoms with E-state index in [1.54, 1.807) is 0 Å². The molecule has 4 fully saturated rings. The maximum absolute atomic E-state index is 7.23. The SMILES string of the molecule is CC1CCC2C(C)(C)C2(OC23CC(C)CCC2C3(C)C)C1. The van der Waals surface area contributed by atoms with Crippen LogP contribution in [0.1, 0.15) is 80.1 Å². The minimum absolute atomic E-state index is 0.216. The van der Waals surface area contributed by atoms with Crippen molar-refractivity contribution in [1.29, 1.82) is 0 Å². The number of ether oxygens (including phenoxy) is 1. The van der Waals surface area contributed by atoms with Crippen molar-refractivity contribution >= 4 is 0 Å². The molecule has 0 radical (unpaired) electrons. The van der Waals surface area contributed by atoms with E-state index >= 15 is 0 Å². The molecule has 6 unspecified atom stereocenters. The second-order valence-corrected chi connectivity index (χ2v) is 10.2. The van der Waals surface area contributed by atoms with E-state index < -0.39 is 0 Å². The third-order valence-corrected chi connectivity index (χ3v) is 8.45. The zero-order valence-electron chi connectivity index (χ0n) is 15.0. The van der Waals surface area contributed by atoms with Crippen molar-refractivity contribution in [2.45, 2.75) is 91.3 Å². The third kappa shape index (κ3) is 1.57. The lowest BCUT2D eigenvalue weighted by Crippen LogP contribution is -2.38. The number of rotatable bonds is 2. The standard InChI is InChI=1S/C20H34O/c1-13-7-9-15-17(3,4)19(15,11-13)21-20-12-14(2)8-10-16(20)18(20,5)6/h13-16H,7-12H2,1-6H3. The summed E-state index contributed by atoms with van der Waals surface area (Å²) in [6, 6.07) is 0. The fourth-order valence-corrected chi connectivity index (χ4v) is 6.80. The Labute approximate surface area is 131 Å². The lowest BCUT2D eigenvalue weighted by atomic mass is 9.85. The maximum Gasteiger partial charge on any atom is 0.0781 e. The summed E-state index contributed by atoms with van der Waals surface area (Å²) >= 11 is 0. The van der Waals surface area contributed by atoms with E-state index in [9.17, 15) is 0 Å². The fourth-order valence-electron chi connectivity index (χ4n) is 6.80. The Morgan fingerprint density at radius 1 is 0.667 bits per heavy atom. The monoisotopic (exact) mass is 290 g/mol. The van der Waals surface area contributed by atoms with Crippen LogP contribution in [0.4, 0.5) is 0 Å². The molecule has 4 saturated carbocycles. The van der Waals surface area contributed by atoms with Crippen LogP contribution in [0.3, 0.4) is 0 Å². The Morgan fingerprint density at radius 3 is 1.43 bits per heavy atom. The molecule has 120 valence electrons. The van der Waals surface area contributed by atoms with Crippen molar-refractivity contribution < 1.29 is 4.74 Å². The Balaban J connectivity index is 1.63. The fraction of sp³-hybridized carbons (Fsp3) is 1.00. The topological polar surface area (TPSA) is 9.23 Å². The number of hydrogen-bond acceptors (Lipinski definition) is 1. The molecular formula is C20H34O. The summed E-state index contributed by atoms with van der Waals surface area (Å²) in [6.45, 7) is 14.8. The summed E-state index contributed by atoms with van der Waals surface area (Å²) in [6.07, 6.45) is 8.23. The minimum Gasteiger partial charge on any atom is -0.367 e. The minimum atomic E-state index is 0.216. The highest BCUT2D eigenvalue weighted by Crippen LogP contribution is 2.79. The summed E-state index contributed by atoms with van der Waals surface area (Å²) in [5, 5.41) is 0. The average Bonchev–Trinajstić information content (AvgIpc) is 3.03. The van der Waals surface area contributed by atoms with Gasteiger partial charge in [0.25, 0.3) is 0 Å². The molecule has 4 rings (SSSR count). The largest absolute Gasteiger partial charge is 0.367 e. The lowest BCUT2D eigenvalue weighted by molar-refractivity contribution is -0.123. The zero-order valence-corrected chi connectivity index (χ0v) is 15.0. The molecule has 1 heteroatoms. The van der Waals surface area contributed by atoms with Crippen LogP contribution >= 0.6 is 0 Å². The van der Waals surface area contributed by atoms with Crippen LogP contribution in [0.15, 0.2) is 0 Å². The molecule has 4 aliphatic carbocycles. The molecule has 4 aliphatic rings. The molecule has 0 heterocycles. The van der Waals surface area contributed by atoms with E-state index in [2.05, 4.69) is 41.5 Å². The van der Waals surface area contributed by atoms with Gasteiger partial charge in [-0.25, -0.2) is 0 Å². The Morgan fingerprint density at radius 2 is 1.05 bits per heavy atom. The zero-order chi connectivity index (χ0) is 15.3. The Hall–Kier alpha value is -0.0400. The molecule has 6 atom stereocenters. The van der Waals surface area contributed by atoms with Crippen molar-refractivity contribution in [3.05, 3.63) is 0 Å². The third-order valence-electron chi connectivity index (χ3n) is 8.45. The van der Waals surface area contributed by atoms with E-state index in [-0.39, 0.29) is 11.2 Å². The van der Waals surface area contributed by atoms with Gasteiger partial charge in [-0.15, -0.1) is 0 Å². The van der Waals surface area contributed by atoms with Gasteiger partial charge < -0.3 is 4.74 Å². The second kappa shape index (κ2) is 3.89. The molecule has 0 N–H and O–H groups in total. The van der Waals surface area contributed by atoms with Gasteiger partial charge in [0.05, 0.1) is 11.2 Å². The molecule has 1 nitrogen and oxygen atoms in total. The highest BCUT2D eigenvalue weighted by atomic mass is 16.5. The Bertz CT molecular complexity index is 422. The molecule has 0 spiro atoms. The summed E-state index contributed by atoms with van der Waals surface area (Å²) in [5.41, 5.74) is 1.26. The lowest BCUT2D eigenvalue weighted by Gasteiger charge is -2.37. The molecule has 0 saturated heterocycles. The maximum atomic E-state index is 7.23. The summed E-state index contributed by atoms with van der Waals surface area (Å²) in [7, 11) is 0. The van der Waals surface area contributed by atoms with E-state index in [0.717, 1.165) is 23.7 Å². The van der Waals surface area contributed by atoms with Crippen LogP contribution in [0, 0.1) is 34.5 Å². The van der Waals surface area contributed by atoms with Crippen LogP contribution in [-0.2, 0) is 4.74 Å². The first-order valence-electron chi connectivity index (χ1n) is 9.37. The van der Waals surface area contributed by atoms with Gasteiger partial charge in [0.1, 0.15) is 0 Å². The molecule has 0 bridgehead atoms. The first kappa shape index (κ1) is 14.5. The first-order valence-corrected chi connectivity index (χ1v) is 9.37. The van der Waals surface area contributed by atoms with Gasteiger partial charge >= 0.3 is 0 Å². The second-order valence-electron chi connectivity index (χ2n) is 10.2. The van der Waals surface area contributed by atoms with Crippen LogP contribution in [0.2, 0.25) is 0 Å². The average molecular weight is 290 g/mol. The van der Waals surface area contributed by atoms with Gasteiger partial charge in [-0.05, 0) is 60.2 Å². The van der Waals surface area contributed by atoms with Gasteiger partial charge in [0, 0.05) is 0 Å². The highest BCUT2D eigenvalue weighted by molar-refractivity contribution is 5.29. The van der Waals surface area contributed by atoms with Gasteiger partial charge in [0.15, 0.2) is 0 Å². The van der Waals surface area contributed by atoms with Crippen molar-refractivity contribution in [3.8, 4) is 0 Å². The predicted octanol–water partition coefficient (Wildman–Crippen LogP) is 5.43. The van der Waals surface area contributed by atoms with Crippen molar-refractivity contribution in [2.75, 3.05) is 0 Å². The van der Waals surface area contributed by atoms with Gasteiger partial charge in [-0.2, -0.15) is 0 Å². The Kier molecular flexibility index (Phi) is 2.69. The van der Waals surface area contributed by atoms with Crippen LogP contribution < -0.4 is 0 Å². The summed E-state index contributed by atoms with van der Waals surface area (Å²) in [5.74, 6) is 3.34. The predicted molar refractivity (Wildman–Crippen MR) is 87.1 cm³/mol. The van der Waals surface area contributed by atoms with Crippen molar-refractivity contribution in [1.82, 2.24) is 0 Å². The van der Waals surface area contributed by atoms with E-state index in [1.165, 1.54) is 38.5 Å². The van der Waals surface area contributed by atoms with E-state index in [4.69, 9.17) is 4.74 Å². The van der Waals surface area contributed by atoms with Gasteiger partial charge in [-0.3, -0.25) is 0 Å². The van der Waals surface area contributed by atoms with Crippen molar-refractivity contribution in [3.63, 3.8) is 0 Å². The summed E-state index contributed by atoms with van der Waals surface area (Å²) in [4.78, 5) is 0. The normalized spacial score (nSPS) is 56.3. The molecular weight excluding hydrogens is 256 g/mol. The van der Waals surface area contributed by atoms with Crippen LogP contribution in [0.25, 0.3) is 0 Å². The first-order chi connectivity index (χ1) is 9.67. The molecule has 0 aromatic carbocycles. The molecule has 0 aliphatic heterocycles. The van der Waals surface area contributed by atoms with Crippen LogP contribution in [0.5, 0.6) is 0 Å².